The van der Waals surface area contributed by atoms with Crippen LogP contribution in [0, 0.1) is 6.92 Å². The van der Waals surface area contributed by atoms with Crippen molar-refractivity contribution in [1.29, 1.82) is 0 Å². The van der Waals surface area contributed by atoms with Crippen LogP contribution in [-0.2, 0) is 20.4 Å². The average Bonchev–Trinajstić information content (AvgIpc) is 2.65. The second kappa shape index (κ2) is 6.69. The Bertz CT molecular complexity index is 978. The first-order valence-corrected chi connectivity index (χ1v) is 9.41. The number of hydrogen-bond acceptors (Lipinski definition) is 4. The third-order valence-corrected chi connectivity index (χ3v) is 5.88. The molecule has 4 nitrogen and oxygen atoms in total. The summed E-state index contributed by atoms with van der Waals surface area (Å²) in [6.07, 6.45) is 0.495. The minimum Gasteiger partial charge on any atom is -0.465 e. The van der Waals surface area contributed by atoms with Gasteiger partial charge in [-0.25, -0.2) is 4.79 Å². The van der Waals surface area contributed by atoms with Crippen LogP contribution in [-0.4, -0.2) is 24.6 Å². The van der Waals surface area contributed by atoms with Crippen molar-refractivity contribution in [3.05, 3.63) is 69.8 Å². The van der Waals surface area contributed by atoms with Gasteiger partial charge in [0.25, 0.3) is 0 Å². The molecule has 0 radical (unpaired) electrons. The SMILES string of the molecule is COC(=O)c1ccc(C(=O)c2cc3c(cc2C)C(C)(C)CC(=O)C3(C)C)cc1. The smallest absolute Gasteiger partial charge is 0.337 e. The van der Waals surface area contributed by atoms with Crippen molar-refractivity contribution < 1.29 is 19.1 Å². The van der Waals surface area contributed by atoms with Gasteiger partial charge in [-0.3, -0.25) is 9.59 Å². The highest BCUT2D eigenvalue weighted by Crippen LogP contribution is 2.44. The number of fused-ring (bicyclic) bond motifs is 1. The highest BCUT2D eigenvalue weighted by molar-refractivity contribution is 6.10. The van der Waals surface area contributed by atoms with Crippen LogP contribution in [0.25, 0.3) is 0 Å². The van der Waals surface area contributed by atoms with Gasteiger partial charge in [0.15, 0.2) is 5.78 Å². The molecule has 1 aliphatic rings. The summed E-state index contributed by atoms with van der Waals surface area (Å²) < 4.78 is 4.70. The van der Waals surface area contributed by atoms with Gasteiger partial charge in [0.1, 0.15) is 5.78 Å². The Hall–Kier alpha value is -2.75. The van der Waals surface area contributed by atoms with E-state index in [0.717, 1.165) is 16.7 Å². The summed E-state index contributed by atoms with van der Waals surface area (Å²) in [5.41, 5.74) is 3.55. The molecule has 0 heterocycles. The first kappa shape index (κ1) is 20.0. The van der Waals surface area contributed by atoms with Crippen LogP contribution >= 0.6 is 0 Å². The van der Waals surface area contributed by atoms with E-state index in [2.05, 4.69) is 19.9 Å². The zero-order chi connectivity index (χ0) is 20.9. The lowest BCUT2D eigenvalue weighted by Gasteiger charge is -2.41. The summed E-state index contributed by atoms with van der Waals surface area (Å²) >= 11 is 0. The second-order valence-electron chi connectivity index (χ2n) is 8.72. The van der Waals surface area contributed by atoms with E-state index in [9.17, 15) is 14.4 Å². The van der Waals surface area contributed by atoms with Crippen molar-refractivity contribution in [3.8, 4) is 0 Å². The number of ether oxygens (including phenoxy) is 1. The Balaban J connectivity index is 2.09. The Morgan fingerprint density at radius 3 is 2.07 bits per heavy atom. The zero-order valence-corrected chi connectivity index (χ0v) is 17.3. The summed E-state index contributed by atoms with van der Waals surface area (Å²) in [4.78, 5) is 37.5. The molecule has 0 unspecified atom stereocenters. The monoisotopic (exact) mass is 378 g/mol. The lowest BCUT2D eigenvalue weighted by atomic mass is 9.61. The molecule has 1 aliphatic carbocycles. The maximum atomic E-state index is 13.2. The third kappa shape index (κ3) is 3.17. The molecule has 3 rings (SSSR count). The van der Waals surface area contributed by atoms with Crippen LogP contribution in [0.2, 0.25) is 0 Å². The van der Waals surface area contributed by atoms with Crippen LogP contribution in [0.4, 0.5) is 0 Å². The fraction of sp³-hybridized carbons (Fsp3) is 0.375. The number of hydrogen-bond donors (Lipinski definition) is 0. The highest BCUT2D eigenvalue weighted by Gasteiger charge is 2.43. The number of methoxy groups -OCH3 is 1. The summed E-state index contributed by atoms with van der Waals surface area (Å²) in [5.74, 6) is -0.371. The van der Waals surface area contributed by atoms with Gasteiger partial charge in [0.05, 0.1) is 12.7 Å². The van der Waals surface area contributed by atoms with Crippen LogP contribution in [0.1, 0.15) is 77.1 Å². The van der Waals surface area contributed by atoms with Gasteiger partial charge in [-0.05, 0) is 61.1 Å². The number of carbonyl (C=O) groups excluding carboxylic acids is 3. The predicted molar refractivity (Wildman–Crippen MR) is 108 cm³/mol. The fourth-order valence-corrected chi connectivity index (χ4v) is 3.93. The molecule has 0 N–H and O–H groups in total. The standard InChI is InChI=1S/C24H26O4/c1-14-11-18-19(24(4,5)20(25)13-23(18,2)3)12-17(14)21(26)15-7-9-16(10-8-15)22(27)28-6/h7-12H,13H2,1-6H3. The number of esters is 1. The Labute approximate surface area is 165 Å². The number of Topliss-reactive ketones (excluding diaryl/α,β-unsaturated/α-hetero) is 1. The van der Waals surface area contributed by atoms with E-state index in [1.54, 1.807) is 24.3 Å². The largest absolute Gasteiger partial charge is 0.465 e. The van der Waals surface area contributed by atoms with Crippen molar-refractivity contribution in [2.75, 3.05) is 7.11 Å². The van der Waals surface area contributed by atoms with Gasteiger partial charge in [-0.1, -0.05) is 32.0 Å². The molecule has 0 spiro atoms. The van der Waals surface area contributed by atoms with Gasteiger partial charge >= 0.3 is 5.97 Å². The van der Waals surface area contributed by atoms with E-state index in [0.29, 0.717) is 23.1 Å². The maximum Gasteiger partial charge on any atom is 0.337 e. The van der Waals surface area contributed by atoms with E-state index in [1.807, 2.05) is 26.8 Å². The molecule has 0 saturated heterocycles. The van der Waals surface area contributed by atoms with Gasteiger partial charge in [0.2, 0.25) is 0 Å². The molecule has 0 aromatic heterocycles. The quantitative estimate of drug-likeness (QED) is 0.581. The number of rotatable bonds is 3. The third-order valence-electron chi connectivity index (χ3n) is 5.88. The summed E-state index contributed by atoms with van der Waals surface area (Å²) in [6, 6.07) is 10.4. The molecule has 146 valence electrons. The van der Waals surface area contributed by atoms with Gasteiger partial charge < -0.3 is 4.74 Å². The number of ketones is 2. The summed E-state index contributed by atoms with van der Waals surface area (Å²) in [6.45, 7) is 9.93. The molecule has 0 amide bonds. The fourth-order valence-electron chi connectivity index (χ4n) is 3.93. The lowest BCUT2D eigenvalue weighted by Crippen LogP contribution is -2.42. The first-order valence-electron chi connectivity index (χ1n) is 9.41. The normalized spacial score (nSPS) is 17.0. The Kier molecular flexibility index (Phi) is 4.78. The van der Waals surface area contributed by atoms with E-state index in [-0.39, 0.29) is 17.0 Å². The van der Waals surface area contributed by atoms with E-state index in [4.69, 9.17) is 4.74 Å². The number of benzene rings is 2. The molecule has 2 aromatic rings. The molecule has 0 aliphatic heterocycles. The predicted octanol–water partition coefficient (Wildman–Crippen LogP) is 4.54. The Morgan fingerprint density at radius 1 is 0.929 bits per heavy atom. The summed E-state index contributed by atoms with van der Waals surface area (Å²) in [7, 11) is 1.32. The molecule has 0 saturated carbocycles. The number of carbonyl (C=O) groups is 3. The molecule has 2 aromatic carbocycles. The van der Waals surface area contributed by atoms with Gasteiger partial charge in [-0.2, -0.15) is 0 Å². The number of aryl methyl sites for hydroxylation is 1. The van der Waals surface area contributed by atoms with Crippen molar-refractivity contribution in [1.82, 2.24) is 0 Å². The second-order valence-corrected chi connectivity index (χ2v) is 8.72. The molecule has 28 heavy (non-hydrogen) atoms. The molecular formula is C24H26O4. The van der Waals surface area contributed by atoms with Crippen LogP contribution in [0.3, 0.4) is 0 Å². The first-order chi connectivity index (χ1) is 13.0. The van der Waals surface area contributed by atoms with Crippen molar-refractivity contribution >= 4 is 17.5 Å². The molecule has 0 atom stereocenters. The average molecular weight is 378 g/mol. The van der Waals surface area contributed by atoms with Crippen molar-refractivity contribution in [3.63, 3.8) is 0 Å². The molecule has 4 heteroatoms. The van der Waals surface area contributed by atoms with Gasteiger partial charge in [0, 0.05) is 23.0 Å². The summed E-state index contributed by atoms with van der Waals surface area (Å²) in [5, 5.41) is 0. The minimum absolute atomic E-state index is 0.122. The molecule has 0 fully saturated rings. The van der Waals surface area contributed by atoms with Crippen LogP contribution in [0.5, 0.6) is 0 Å². The zero-order valence-electron chi connectivity index (χ0n) is 17.3. The van der Waals surface area contributed by atoms with Crippen LogP contribution in [0.15, 0.2) is 36.4 Å². The minimum atomic E-state index is -0.623. The van der Waals surface area contributed by atoms with E-state index >= 15 is 0 Å². The Morgan fingerprint density at radius 2 is 1.50 bits per heavy atom. The maximum absolute atomic E-state index is 13.2. The lowest BCUT2D eigenvalue weighted by molar-refractivity contribution is -0.125. The highest BCUT2D eigenvalue weighted by atomic mass is 16.5. The molecule has 0 bridgehead atoms. The van der Waals surface area contributed by atoms with E-state index in [1.165, 1.54) is 7.11 Å². The van der Waals surface area contributed by atoms with Gasteiger partial charge in [-0.15, -0.1) is 0 Å². The van der Waals surface area contributed by atoms with Crippen LogP contribution < -0.4 is 0 Å². The topological polar surface area (TPSA) is 60.4 Å². The molecular weight excluding hydrogens is 352 g/mol. The van der Waals surface area contributed by atoms with E-state index < -0.39 is 11.4 Å². The van der Waals surface area contributed by atoms with Crippen molar-refractivity contribution in [2.45, 2.75) is 51.9 Å². The van der Waals surface area contributed by atoms with Crippen molar-refractivity contribution in [2.24, 2.45) is 0 Å².